The Balaban J connectivity index is 2.34. The van der Waals surface area contributed by atoms with Crippen molar-refractivity contribution < 1.29 is 18.7 Å². The summed E-state index contributed by atoms with van der Waals surface area (Å²) in [5, 5.41) is -0.00589. The molecule has 0 spiro atoms. The molecule has 2 N–H and O–H groups in total. The van der Waals surface area contributed by atoms with Crippen LogP contribution < -0.4 is 10.5 Å². The Kier molecular flexibility index (Phi) is 4.10. The molecule has 0 bridgehead atoms. The first-order valence-electron chi connectivity index (χ1n) is 5.62. The lowest BCUT2D eigenvalue weighted by Gasteiger charge is -2.11. The van der Waals surface area contributed by atoms with Crippen LogP contribution in [0.25, 0.3) is 0 Å². The lowest BCUT2D eigenvalue weighted by atomic mass is 10.1. The molecule has 0 saturated heterocycles. The number of esters is 1. The van der Waals surface area contributed by atoms with Gasteiger partial charge in [0.25, 0.3) is 0 Å². The van der Waals surface area contributed by atoms with Gasteiger partial charge in [0.2, 0.25) is 0 Å². The Morgan fingerprint density at radius 1 is 1.30 bits per heavy atom. The van der Waals surface area contributed by atoms with E-state index in [1.807, 2.05) is 0 Å². The summed E-state index contributed by atoms with van der Waals surface area (Å²) < 4.78 is 23.4. The highest BCUT2D eigenvalue weighted by Crippen LogP contribution is 2.31. The fourth-order valence-corrected chi connectivity index (χ4v) is 1.71. The Bertz CT molecular complexity index is 661. The molecule has 2 aromatic carbocycles. The van der Waals surface area contributed by atoms with Gasteiger partial charge >= 0.3 is 5.97 Å². The van der Waals surface area contributed by atoms with Gasteiger partial charge in [-0.1, -0.05) is 17.7 Å². The number of nitrogens with two attached hydrogens (primary N) is 1. The molecule has 0 heterocycles. The first kappa shape index (κ1) is 14.1. The Labute approximate surface area is 119 Å². The van der Waals surface area contributed by atoms with E-state index in [4.69, 9.17) is 22.1 Å². The average Bonchev–Trinajstić information content (AvgIpc) is 2.44. The smallest absolute Gasteiger partial charge is 0.340 e. The maximum atomic E-state index is 13.3. The molecular formula is C14H11ClFNO3. The SMILES string of the molecule is COC(=O)c1cccc(Oc2ccc(Cl)c(F)c2)c1N. The number of benzene rings is 2. The molecule has 20 heavy (non-hydrogen) atoms. The van der Waals surface area contributed by atoms with Crippen molar-refractivity contribution in [2.24, 2.45) is 0 Å². The summed E-state index contributed by atoms with van der Waals surface area (Å²) in [5.74, 6) is -0.725. The van der Waals surface area contributed by atoms with E-state index in [2.05, 4.69) is 4.74 Å². The molecule has 0 saturated carbocycles. The van der Waals surface area contributed by atoms with Crippen LogP contribution in [0.4, 0.5) is 10.1 Å². The van der Waals surface area contributed by atoms with Crippen molar-refractivity contribution >= 4 is 23.3 Å². The van der Waals surface area contributed by atoms with Crippen molar-refractivity contribution in [1.82, 2.24) is 0 Å². The van der Waals surface area contributed by atoms with E-state index >= 15 is 0 Å². The summed E-state index contributed by atoms with van der Waals surface area (Å²) in [6.45, 7) is 0. The van der Waals surface area contributed by atoms with Crippen molar-refractivity contribution in [3.8, 4) is 11.5 Å². The van der Waals surface area contributed by atoms with Crippen molar-refractivity contribution in [2.45, 2.75) is 0 Å². The molecular weight excluding hydrogens is 285 g/mol. The van der Waals surface area contributed by atoms with Gasteiger partial charge < -0.3 is 15.2 Å². The summed E-state index contributed by atoms with van der Waals surface area (Å²) in [5.41, 5.74) is 6.13. The molecule has 2 rings (SSSR count). The molecule has 0 radical (unpaired) electrons. The number of hydrogen-bond donors (Lipinski definition) is 1. The van der Waals surface area contributed by atoms with Gasteiger partial charge in [0.05, 0.1) is 23.4 Å². The zero-order chi connectivity index (χ0) is 14.7. The predicted octanol–water partition coefficient (Wildman–Crippen LogP) is 3.64. The molecule has 0 amide bonds. The second-order valence-electron chi connectivity index (χ2n) is 3.89. The van der Waals surface area contributed by atoms with Crippen molar-refractivity contribution in [2.75, 3.05) is 12.8 Å². The minimum absolute atomic E-state index is 0.00589. The van der Waals surface area contributed by atoms with Gasteiger partial charge in [0.15, 0.2) is 5.75 Å². The van der Waals surface area contributed by atoms with E-state index in [1.54, 1.807) is 12.1 Å². The number of ether oxygens (including phenoxy) is 2. The van der Waals surface area contributed by atoms with E-state index < -0.39 is 11.8 Å². The minimum Gasteiger partial charge on any atom is -0.465 e. The largest absolute Gasteiger partial charge is 0.465 e. The lowest BCUT2D eigenvalue weighted by Crippen LogP contribution is -2.06. The summed E-state index contributed by atoms with van der Waals surface area (Å²) >= 11 is 5.58. The van der Waals surface area contributed by atoms with Crippen LogP contribution >= 0.6 is 11.6 Å². The highest BCUT2D eigenvalue weighted by molar-refractivity contribution is 6.30. The molecule has 0 fully saturated rings. The van der Waals surface area contributed by atoms with Crippen LogP contribution in [0.15, 0.2) is 36.4 Å². The molecule has 6 heteroatoms. The lowest BCUT2D eigenvalue weighted by molar-refractivity contribution is 0.0601. The third kappa shape index (κ3) is 2.83. The van der Waals surface area contributed by atoms with Gasteiger partial charge in [-0.2, -0.15) is 0 Å². The quantitative estimate of drug-likeness (QED) is 0.693. The number of anilines is 1. The Morgan fingerprint density at radius 2 is 2.05 bits per heavy atom. The molecule has 0 aliphatic heterocycles. The monoisotopic (exact) mass is 295 g/mol. The van der Waals surface area contributed by atoms with E-state index in [-0.39, 0.29) is 27.8 Å². The number of nitrogen functional groups attached to an aromatic ring is 1. The van der Waals surface area contributed by atoms with Crippen LogP contribution in [0.1, 0.15) is 10.4 Å². The number of para-hydroxylation sites is 1. The summed E-state index contributed by atoms with van der Waals surface area (Å²) in [7, 11) is 1.25. The molecule has 0 atom stereocenters. The van der Waals surface area contributed by atoms with E-state index in [0.29, 0.717) is 0 Å². The van der Waals surface area contributed by atoms with Crippen molar-refractivity contribution in [3.63, 3.8) is 0 Å². The molecule has 2 aromatic rings. The van der Waals surface area contributed by atoms with E-state index in [9.17, 15) is 9.18 Å². The fourth-order valence-electron chi connectivity index (χ4n) is 1.59. The van der Waals surface area contributed by atoms with Gasteiger partial charge in [-0.15, -0.1) is 0 Å². The summed E-state index contributed by atoms with van der Waals surface area (Å²) in [4.78, 5) is 11.5. The van der Waals surface area contributed by atoms with Crippen LogP contribution in [0.3, 0.4) is 0 Å². The second kappa shape index (κ2) is 5.79. The zero-order valence-electron chi connectivity index (χ0n) is 10.5. The third-order valence-corrected chi connectivity index (χ3v) is 2.90. The Morgan fingerprint density at radius 3 is 2.70 bits per heavy atom. The number of carbonyl (C=O) groups is 1. The molecule has 0 aliphatic carbocycles. The number of hydrogen-bond acceptors (Lipinski definition) is 4. The highest BCUT2D eigenvalue weighted by atomic mass is 35.5. The second-order valence-corrected chi connectivity index (χ2v) is 4.29. The van der Waals surface area contributed by atoms with Gasteiger partial charge in [-0.25, -0.2) is 9.18 Å². The number of rotatable bonds is 3. The fraction of sp³-hybridized carbons (Fsp3) is 0.0714. The van der Waals surface area contributed by atoms with Crippen LogP contribution in [0.2, 0.25) is 5.02 Å². The molecule has 0 aromatic heterocycles. The summed E-state index contributed by atoms with van der Waals surface area (Å²) in [6.07, 6.45) is 0. The van der Waals surface area contributed by atoms with Crippen LogP contribution in [-0.4, -0.2) is 13.1 Å². The van der Waals surface area contributed by atoms with Crippen molar-refractivity contribution in [1.29, 1.82) is 0 Å². The van der Waals surface area contributed by atoms with Gasteiger partial charge in [-0.3, -0.25) is 0 Å². The first-order chi connectivity index (χ1) is 9.52. The first-order valence-corrected chi connectivity index (χ1v) is 6.00. The van der Waals surface area contributed by atoms with E-state index in [1.165, 1.54) is 25.3 Å². The molecule has 4 nitrogen and oxygen atoms in total. The summed E-state index contributed by atoms with van der Waals surface area (Å²) in [6, 6.07) is 8.66. The maximum absolute atomic E-state index is 13.3. The maximum Gasteiger partial charge on any atom is 0.340 e. The third-order valence-electron chi connectivity index (χ3n) is 2.59. The normalized spacial score (nSPS) is 10.2. The standard InChI is InChI=1S/C14H11ClFNO3/c1-19-14(18)9-3-2-4-12(13(9)17)20-8-5-6-10(15)11(16)7-8/h2-7H,17H2,1H3. The number of carbonyl (C=O) groups excluding carboxylic acids is 1. The van der Waals surface area contributed by atoms with E-state index in [0.717, 1.165) is 6.07 Å². The Hall–Kier alpha value is -2.27. The highest BCUT2D eigenvalue weighted by Gasteiger charge is 2.14. The number of halogens is 2. The van der Waals surface area contributed by atoms with Crippen LogP contribution in [-0.2, 0) is 4.74 Å². The zero-order valence-corrected chi connectivity index (χ0v) is 11.3. The molecule has 0 aliphatic rings. The average molecular weight is 296 g/mol. The van der Waals surface area contributed by atoms with Gasteiger partial charge in [0.1, 0.15) is 11.6 Å². The molecule has 104 valence electrons. The topological polar surface area (TPSA) is 61.5 Å². The van der Waals surface area contributed by atoms with Crippen LogP contribution in [0.5, 0.6) is 11.5 Å². The van der Waals surface area contributed by atoms with Crippen LogP contribution in [0, 0.1) is 5.82 Å². The van der Waals surface area contributed by atoms with Gasteiger partial charge in [0, 0.05) is 6.07 Å². The van der Waals surface area contributed by atoms with Gasteiger partial charge in [-0.05, 0) is 24.3 Å². The molecule has 0 unspecified atom stereocenters. The predicted molar refractivity (Wildman–Crippen MR) is 73.7 cm³/mol. The minimum atomic E-state index is -0.605. The number of methoxy groups -OCH3 is 1. The van der Waals surface area contributed by atoms with Crippen molar-refractivity contribution in [3.05, 3.63) is 52.8 Å².